The molecule has 3 rings (SSSR count). The van der Waals surface area contributed by atoms with Gasteiger partial charge in [0.2, 0.25) is 5.91 Å². The van der Waals surface area contributed by atoms with Gasteiger partial charge in [0, 0.05) is 36.7 Å². The lowest BCUT2D eigenvalue weighted by molar-refractivity contribution is -0.141. The third kappa shape index (κ3) is 5.33. The van der Waals surface area contributed by atoms with Crippen molar-refractivity contribution < 1.29 is 14.3 Å². The highest BCUT2D eigenvalue weighted by atomic mass is 79.9. The molecule has 138 valence electrons. The van der Waals surface area contributed by atoms with Crippen LogP contribution in [0.3, 0.4) is 0 Å². The predicted molar refractivity (Wildman–Crippen MR) is 101 cm³/mol. The molecule has 1 atom stereocenters. The number of hydrogen-bond donors (Lipinski definition) is 1. The summed E-state index contributed by atoms with van der Waals surface area (Å²) in [5.41, 5.74) is 0. The molecule has 8 heteroatoms. The number of hydrogen-bond acceptors (Lipinski definition) is 4. The molecule has 0 radical (unpaired) electrons. The van der Waals surface area contributed by atoms with Gasteiger partial charge in [0.15, 0.2) is 6.61 Å². The molecule has 0 aliphatic carbocycles. The molecule has 6 nitrogen and oxygen atoms in total. The van der Waals surface area contributed by atoms with Crippen molar-refractivity contribution in [1.29, 1.82) is 0 Å². The number of nitrogens with one attached hydrogen (secondary N) is 1. The summed E-state index contributed by atoms with van der Waals surface area (Å²) in [6.07, 6.45) is 1.88. The lowest BCUT2D eigenvalue weighted by atomic mass is 10.0. The molecule has 2 aliphatic heterocycles. The van der Waals surface area contributed by atoms with Gasteiger partial charge >= 0.3 is 0 Å². The molecule has 0 bridgehead atoms. The molecule has 0 saturated carbocycles. The van der Waals surface area contributed by atoms with Crippen LogP contribution in [0.15, 0.2) is 28.7 Å². The van der Waals surface area contributed by atoms with Gasteiger partial charge in [0.1, 0.15) is 5.75 Å². The molecule has 0 aromatic heterocycles. The van der Waals surface area contributed by atoms with E-state index in [0.717, 1.165) is 36.9 Å². The van der Waals surface area contributed by atoms with Gasteiger partial charge in [-0.25, -0.2) is 0 Å². The molecule has 1 aromatic rings. The van der Waals surface area contributed by atoms with Crippen molar-refractivity contribution in [2.45, 2.75) is 18.9 Å². The van der Waals surface area contributed by atoms with Crippen molar-refractivity contribution in [3.63, 3.8) is 0 Å². The summed E-state index contributed by atoms with van der Waals surface area (Å²) in [7, 11) is 0. The van der Waals surface area contributed by atoms with E-state index in [1.165, 1.54) is 0 Å². The maximum atomic E-state index is 12.4. The number of halogens is 2. The molecular formula is C17H23BrClN3O3. The molecule has 1 N–H and O–H groups in total. The number of carbonyl (C=O) groups is 2. The summed E-state index contributed by atoms with van der Waals surface area (Å²) in [6, 6.07) is 7.55. The molecule has 0 spiro atoms. The van der Waals surface area contributed by atoms with E-state index in [1.54, 1.807) is 0 Å². The number of nitrogens with zero attached hydrogens (tertiary/aromatic N) is 2. The average molecular weight is 433 g/mol. The Morgan fingerprint density at radius 3 is 2.76 bits per heavy atom. The second-order valence-electron chi connectivity index (χ2n) is 6.14. The molecule has 1 aromatic carbocycles. The number of benzene rings is 1. The van der Waals surface area contributed by atoms with Crippen LogP contribution in [0.5, 0.6) is 5.75 Å². The summed E-state index contributed by atoms with van der Waals surface area (Å²) in [6.45, 7) is 3.32. The van der Waals surface area contributed by atoms with Crippen LogP contribution in [0.25, 0.3) is 0 Å². The second kappa shape index (κ2) is 9.40. The van der Waals surface area contributed by atoms with E-state index < -0.39 is 0 Å². The summed E-state index contributed by atoms with van der Waals surface area (Å²) >= 11 is 3.37. The highest BCUT2D eigenvalue weighted by molar-refractivity contribution is 9.10. The van der Waals surface area contributed by atoms with E-state index in [9.17, 15) is 9.59 Å². The maximum absolute atomic E-state index is 12.4. The number of carbonyl (C=O) groups excluding carboxylic acids is 2. The number of piperazine rings is 1. The first-order valence-electron chi connectivity index (χ1n) is 8.30. The van der Waals surface area contributed by atoms with Crippen molar-refractivity contribution in [3.05, 3.63) is 28.7 Å². The highest BCUT2D eigenvalue weighted by Crippen LogP contribution is 2.19. The Balaban J connectivity index is 0.00000225. The zero-order valence-corrected chi connectivity index (χ0v) is 16.4. The van der Waals surface area contributed by atoms with Crippen molar-refractivity contribution in [2.24, 2.45) is 0 Å². The molecule has 2 amide bonds. The van der Waals surface area contributed by atoms with Gasteiger partial charge in [0.05, 0.1) is 6.54 Å². The quantitative estimate of drug-likeness (QED) is 0.786. The standard InChI is InChI=1S/C17H22BrN3O3.ClH/c18-13-3-5-15(6-4-13)24-12-17(23)20-8-1-2-14(11-20)21-9-7-19-10-16(21)22;/h3-6,14,19H,1-2,7-12H2;1H. The fourth-order valence-electron chi connectivity index (χ4n) is 3.21. The van der Waals surface area contributed by atoms with Crippen molar-refractivity contribution in [2.75, 3.05) is 39.3 Å². The highest BCUT2D eigenvalue weighted by Gasteiger charge is 2.31. The minimum atomic E-state index is -0.0230. The summed E-state index contributed by atoms with van der Waals surface area (Å²) < 4.78 is 6.55. The molecule has 25 heavy (non-hydrogen) atoms. The Morgan fingerprint density at radius 1 is 1.28 bits per heavy atom. The topological polar surface area (TPSA) is 61.9 Å². The van der Waals surface area contributed by atoms with Crippen LogP contribution in [0.1, 0.15) is 12.8 Å². The van der Waals surface area contributed by atoms with E-state index in [0.29, 0.717) is 18.8 Å². The normalized spacial score (nSPS) is 20.8. The number of amides is 2. The van der Waals surface area contributed by atoms with E-state index in [1.807, 2.05) is 34.1 Å². The SMILES string of the molecule is Cl.O=C(COc1ccc(Br)cc1)N1CCCC(N2CCNCC2=O)C1. The smallest absolute Gasteiger partial charge is 0.260 e. The zero-order chi connectivity index (χ0) is 16.9. The Morgan fingerprint density at radius 2 is 2.04 bits per heavy atom. The molecule has 2 fully saturated rings. The maximum Gasteiger partial charge on any atom is 0.260 e. The molecule has 2 saturated heterocycles. The van der Waals surface area contributed by atoms with Crippen LogP contribution in [0.2, 0.25) is 0 Å². The van der Waals surface area contributed by atoms with E-state index in [-0.39, 0.29) is 36.9 Å². The van der Waals surface area contributed by atoms with Gasteiger partial charge in [0.25, 0.3) is 5.91 Å². The minimum absolute atomic E-state index is 0. The van der Waals surface area contributed by atoms with Crippen molar-refractivity contribution in [3.8, 4) is 5.75 Å². The predicted octanol–water partition coefficient (Wildman–Crippen LogP) is 1.67. The Labute approximate surface area is 162 Å². The zero-order valence-electron chi connectivity index (χ0n) is 13.9. The largest absolute Gasteiger partial charge is 0.484 e. The number of piperidine rings is 1. The van der Waals surface area contributed by atoms with Gasteiger partial charge in [-0.2, -0.15) is 0 Å². The van der Waals surface area contributed by atoms with Crippen LogP contribution in [0.4, 0.5) is 0 Å². The van der Waals surface area contributed by atoms with Crippen molar-refractivity contribution >= 4 is 40.2 Å². The number of likely N-dealkylation sites (tertiary alicyclic amines) is 1. The second-order valence-corrected chi connectivity index (χ2v) is 7.06. The van der Waals surface area contributed by atoms with Crippen LogP contribution in [0, 0.1) is 0 Å². The summed E-state index contributed by atoms with van der Waals surface area (Å²) in [4.78, 5) is 28.2. The molecule has 2 aliphatic rings. The van der Waals surface area contributed by atoms with Crippen LogP contribution in [-0.2, 0) is 9.59 Å². The monoisotopic (exact) mass is 431 g/mol. The Kier molecular flexibility index (Phi) is 7.53. The fourth-order valence-corrected chi connectivity index (χ4v) is 3.47. The van der Waals surface area contributed by atoms with Crippen LogP contribution in [-0.4, -0.2) is 67.0 Å². The lowest BCUT2D eigenvalue weighted by Crippen LogP contribution is -2.57. The Hall–Kier alpha value is -1.31. The third-order valence-electron chi connectivity index (χ3n) is 4.49. The fraction of sp³-hybridized carbons (Fsp3) is 0.529. The van der Waals surface area contributed by atoms with Crippen LogP contribution >= 0.6 is 28.3 Å². The summed E-state index contributed by atoms with van der Waals surface area (Å²) in [5, 5.41) is 3.08. The minimum Gasteiger partial charge on any atom is -0.484 e. The number of rotatable bonds is 4. The third-order valence-corrected chi connectivity index (χ3v) is 5.02. The van der Waals surface area contributed by atoms with Gasteiger partial charge in [-0.3, -0.25) is 9.59 Å². The van der Waals surface area contributed by atoms with Gasteiger partial charge in [-0.15, -0.1) is 12.4 Å². The Bertz CT molecular complexity index is 599. The first-order chi connectivity index (χ1) is 11.6. The van der Waals surface area contributed by atoms with Gasteiger partial charge in [-0.05, 0) is 37.1 Å². The summed E-state index contributed by atoms with van der Waals surface area (Å²) in [5.74, 6) is 0.786. The van der Waals surface area contributed by atoms with E-state index >= 15 is 0 Å². The van der Waals surface area contributed by atoms with Crippen LogP contribution < -0.4 is 10.1 Å². The van der Waals surface area contributed by atoms with E-state index in [4.69, 9.17) is 4.74 Å². The molecule has 2 heterocycles. The van der Waals surface area contributed by atoms with Crippen molar-refractivity contribution in [1.82, 2.24) is 15.1 Å². The van der Waals surface area contributed by atoms with Gasteiger partial charge in [-0.1, -0.05) is 15.9 Å². The lowest BCUT2D eigenvalue weighted by Gasteiger charge is -2.41. The van der Waals surface area contributed by atoms with E-state index in [2.05, 4.69) is 21.2 Å². The molecular weight excluding hydrogens is 410 g/mol. The first-order valence-corrected chi connectivity index (χ1v) is 9.09. The van der Waals surface area contributed by atoms with Gasteiger partial charge < -0.3 is 19.9 Å². The average Bonchev–Trinajstić information content (AvgIpc) is 2.61. The molecule has 1 unspecified atom stereocenters. The number of ether oxygens (including phenoxy) is 1. The first kappa shape index (κ1) is 20.0.